The molecule has 1 aliphatic carbocycles. The molecule has 0 amide bonds. The molecule has 1 saturated carbocycles. The Morgan fingerprint density at radius 3 is 1.96 bits per heavy atom. The van der Waals surface area contributed by atoms with Crippen LogP contribution in [0, 0.1) is 17.2 Å². The topological polar surface area (TPSA) is 40.9 Å². The Balaban J connectivity index is 1.73. The summed E-state index contributed by atoms with van der Waals surface area (Å²) in [6.07, 6.45) is 5.11. The van der Waals surface area contributed by atoms with Gasteiger partial charge in [-0.25, -0.2) is 0 Å². The highest BCUT2D eigenvalue weighted by Crippen LogP contribution is 2.35. The zero-order valence-corrected chi connectivity index (χ0v) is 13.5. The summed E-state index contributed by atoms with van der Waals surface area (Å²) in [5.41, 5.74) is 3.27. The molecule has 116 valence electrons. The van der Waals surface area contributed by atoms with Crippen LogP contribution in [0.15, 0.2) is 48.5 Å². The normalized spacial score (nSPS) is 20.7. The van der Waals surface area contributed by atoms with E-state index in [9.17, 15) is 4.79 Å². The Kier molecular flexibility index (Phi) is 4.57. The van der Waals surface area contributed by atoms with Crippen molar-refractivity contribution in [2.24, 2.45) is 5.92 Å². The zero-order chi connectivity index (χ0) is 16.2. The summed E-state index contributed by atoms with van der Waals surface area (Å²) in [5.74, 6) is 1.51. The molecule has 0 atom stereocenters. The molecule has 2 heteroatoms. The zero-order valence-electron chi connectivity index (χ0n) is 13.5. The molecule has 1 fully saturated rings. The lowest BCUT2D eigenvalue weighted by Gasteiger charge is -2.26. The number of carbonyl (C=O) groups is 1. The molecule has 0 unspecified atom stereocenters. The average molecular weight is 303 g/mol. The maximum absolute atomic E-state index is 12.5. The predicted molar refractivity (Wildman–Crippen MR) is 91.4 cm³/mol. The van der Waals surface area contributed by atoms with Gasteiger partial charge in [0.2, 0.25) is 0 Å². The number of hydrogen-bond acceptors (Lipinski definition) is 2. The van der Waals surface area contributed by atoms with Gasteiger partial charge in [-0.3, -0.25) is 4.79 Å². The van der Waals surface area contributed by atoms with Gasteiger partial charge in [-0.2, -0.15) is 5.26 Å². The maximum atomic E-state index is 12.5. The van der Waals surface area contributed by atoms with E-state index in [0.29, 0.717) is 22.6 Å². The monoisotopic (exact) mass is 303 g/mol. The number of nitrogens with zero attached hydrogens (tertiary/aromatic N) is 1. The average Bonchev–Trinajstić information content (AvgIpc) is 2.62. The fraction of sp³-hybridized carbons (Fsp3) is 0.333. The molecule has 1 aliphatic rings. The minimum atomic E-state index is 0.0123. The molecule has 0 aromatic heterocycles. The van der Waals surface area contributed by atoms with Crippen LogP contribution in [0.5, 0.6) is 0 Å². The van der Waals surface area contributed by atoms with Gasteiger partial charge in [0.1, 0.15) is 0 Å². The number of rotatable bonds is 3. The van der Waals surface area contributed by atoms with E-state index in [2.05, 4.69) is 25.1 Å². The molecule has 0 bridgehead atoms. The standard InChI is InChI=1S/C21H21NO/c1-15-2-6-17(7-3-15)18-10-12-20(13-11-18)21(23)19-8-4-16(14-22)5-9-19/h4-5,8-13,15,17H,2-3,6-7H2,1H3. The smallest absolute Gasteiger partial charge is 0.193 e. The van der Waals surface area contributed by atoms with Gasteiger partial charge in [-0.15, -0.1) is 0 Å². The summed E-state index contributed by atoms with van der Waals surface area (Å²) in [4.78, 5) is 12.5. The summed E-state index contributed by atoms with van der Waals surface area (Å²) in [6, 6.07) is 17.0. The first-order valence-corrected chi connectivity index (χ1v) is 8.32. The minimum Gasteiger partial charge on any atom is -0.289 e. The fourth-order valence-corrected chi connectivity index (χ4v) is 3.36. The first-order valence-electron chi connectivity index (χ1n) is 8.32. The Hall–Kier alpha value is -2.40. The van der Waals surface area contributed by atoms with Crippen molar-refractivity contribution in [1.82, 2.24) is 0 Å². The van der Waals surface area contributed by atoms with Gasteiger partial charge in [0.05, 0.1) is 11.6 Å². The van der Waals surface area contributed by atoms with Crippen molar-refractivity contribution in [3.8, 4) is 6.07 Å². The number of hydrogen-bond donors (Lipinski definition) is 0. The molecule has 0 heterocycles. The van der Waals surface area contributed by atoms with Crippen LogP contribution >= 0.6 is 0 Å². The highest BCUT2D eigenvalue weighted by atomic mass is 16.1. The Labute approximate surface area is 137 Å². The van der Waals surface area contributed by atoms with Crippen LogP contribution in [0.1, 0.15) is 65.6 Å². The second kappa shape index (κ2) is 6.79. The van der Waals surface area contributed by atoms with Crippen LogP contribution in [0.2, 0.25) is 0 Å². The minimum absolute atomic E-state index is 0.0123. The Morgan fingerprint density at radius 1 is 0.913 bits per heavy atom. The number of ketones is 1. The third kappa shape index (κ3) is 3.51. The van der Waals surface area contributed by atoms with Crippen molar-refractivity contribution < 1.29 is 4.79 Å². The van der Waals surface area contributed by atoms with Gasteiger partial charge in [0.15, 0.2) is 5.78 Å². The third-order valence-corrected chi connectivity index (χ3v) is 4.94. The molecule has 0 spiro atoms. The van der Waals surface area contributed by atoms with Crippen molar-refractivity contribution in [2.45, 2.75) is 38.5 Å². The van der Waals surface area contributed by atoms with Gasteiger partial charge in [0, 0.05) is 11.1 Å². The maximum Gasteiger partial charge on any atom is 0.193 e. The van der Waals surface area contributed by atoms with E-state index in [-0.39, 0.29) is 5.78 Å². The molecule has 2 aromatic carbocycles. The molecule has 23 heavy (non-hydrogen) atoms. The lowest BCUT2D eigenvalue weighted by molar-refractivity contribution is 0.103. The molecule has 0 saturated heterocycles. The molecule has 2 aromatic rings. The van der Waals surface area contributed by atoms with E-state index < -0.39 is 0 Å². The van der Waals surface area contributed by atoms with Gasteiger partial charge in [0.25, 0.3) is 0 Å². The number of carbonyl (C=O) groups excluding carboxylic acids is 1. The largest absolute Gasteiger partial charge is 0.289 e. The van der Waals surface area contributed by atoms with E-state index in [0.717, 1.165) is 5.92 Å². The summed E-state index contributed by atoms with van der Waals surface area (Å²) < 4.78 is 0. The van der Waals surface area contributed by atoms with Crippen LogP contribution in [-0.4, -0.2) is 5.78 Å². The van der Waals surface area contributed by atoms with E-state index in [1.54, 1.807) is 24.3 Å². The molecular formula is C21H21NO. The summed E-state index contributed by atoms with van der Waals surface area (Å²) in [6.45, 7) is 2.33. The second-order valence-corrected chi connectivity index (χ2v) is 6.60. The third-order valence-electron chi connectivity index (χ3n) is 4.94. The molecular weight excluding hydrogens is 282 g/mol. The van der Waals surface area contributed by atoms with E-state index in [4.69, 9.17) is 5.26 Å². The predicted octanol–water partition coefficient (Wildman–Crippen LogP) is 5.08. The Morgan fingerprint density at radius 2 is 1.43 bits per heavy atom. The quantitative estimate of drug-likeness (QED) is 0.742. The summed E-state index contributed by atoms with van der Waals surface area (Å²) in [5, 5.41) is 8.82. The van der Waals surface area contributed by atoms with Crippen molar-refractivity contribution in [3.05, 3.63) is 70.8 Å². The van der Waals surface area contributed by atoms with Gasteiger partial charge < -0.3 is 0 Å². The van der Waals surface area contributed by atoms with Crippen LogP contribution in [-0.2, 0) is 0 Å². The summed E-state index contributed by atoms with van der Waals surface area (Å²) in [7, 11) is 0. The van der Waals surface area contributed by atoms with Gasteiger partial charge in [-0.1, -0.05) is 44.0 Å². The highest BCUT2D eigenvalue weighted by molar-refractivity contribution is 6.09. The Bertz CT molecular complexity index is 714. The van der Waals surface area contributed by atoms with Gasteiger partial charge >= 0.3 is 0 Å². The van der Waals surface area contributed by atoms with Crippen molar-refractivity contribution >= 4 is 5.78 Å². The first-order chi connectivity index (χ1) is 11.2. The molecule has 0 N–H and O–H groups in total. The first kappa shape index (κ1) is 15.5. The highest BCUT2D eigenvalue weighted by Gasteiger charge is 2.20. The number of nitriles is 1. The second-order valence-electron chi connectivity index (χ2n) is 6.60. The fourth-order valence-electron chi connectivity index (χ4n) is 3.36. The van der Waals surface area contributed by atoms with E-state index in [1.165, 1.54) is 31.2 Å². The van der Waals surface area contributed by atoms with E-state index in [1.807, 2.05) is 12.1 Å². The van der Waals surface area contributed by atoms with E-state index >= 15 is 0 Å². The van der Waals surface area contributed by atoms with Crippen molar-refractivity contribution in [3.63, 3.8) is 0 Å². The van der Waals surface area contributed by atoms with Gasteiger partial charge in [-0.05, 0) is 54.5 Å². The molecule has 0 radical (unpaired) electrons. The lowest BCUT2D eigenvalue weighted by Crippen LogP contribution is -2.11. The molecule has 3 rings (SSSR count). The van der Waals surface area contributed by atoms with Crippen molar-refractivity contribution in [2.75, 3.05) is 0 Å². The lowest BCUT2D eigenvalue weighted by atomic mass is 9.79. The number of benzene rings is 2. The van der Waals surface area contributed by atoms with Crippen molar-refractivity contribution in [1.29, 1.82) is 5.26 Å². The van der Waals surface area contributed by atoms with Crippen LogP contribution in [0.25, 0.3) is 0 Å². The SMILES string of the molecule is CC1CCC(c2ccc(C(=O)c3ccc(C#N)cc3)cc2)CC1. The molecule has 0 aliphatic heterocycles. The molecule has 2 nitrogen and oxygen atoms in total. The van der Waals surface area contributed by atoms with Crippen LogP contribution in [0.3, 0.4) is 0 Å². The van der Waals surface area contributed by atoms with Crippen LogP contribution < -0.4 is 0 Å². The summed E-state index contributed by atoms with van der Waals surface area (Å²) >= 11 is 0. The van der Waals surface area contributed by atoms with Crippen LogP contribution in [0.4, 0.5) is 0 Å².